The van der Waals surface area contributed by atoms with Crippen molar-refractivity contribution in [1.82, 2.24) is 0 Å². The summed E-state index contributed by atoms with van der Waals surface area (Å²) in [5.41, 5.74) is 4.06. The summed E-state index contributed by atoms with van der Waals surface area (Å²) in [7, 11) is 0. The van der Waals surface area contributed by atoms with Gasteiger partial charge in [0.1, 0.15) is 0 Å². The van der Waals surface area contributed by atoms with Gasteiger partial charge in [0.2, 0.25) is 0 Å². The second kappa shape index (κ2) is 4.14. The second-order valence-corrected chi connectivity index (χ2v) is 4.26. The molecule has 0 saturated carbocycles. The van der Waals surface area contributed by atoms with Crippen LogP contribution in [0.1, 0.15) is 32.6 Å². The van der Waals surface area contributed by atoms with Gasteiger partial charge in [-0.25, -0.2) is 0 Å². The van der Waals surface area contributed by atoms with Crippen molar-refractivity contribution in [1.29, 1.82) is 0 Å². The van der Waals surface area contributed by atoms with Crippen molar-refractivity contribution in [2.24, 2.45) is 5.92 Å². The molecule has 1 nitrogen and oxygen atoms in total. The Morgan fingerprint density at radius 1 is 1.50 bits per heavy atom. The number of rotatable bonds is 1. The first-order valence-corrected chi connectivity index (χ1v) is 5.52. The Hall–Kier alpha value is -0.820. The summed E-state index contributed by atoms with van der Waals surface area (Å²) >= 11 is 0. The Morgan fingerprint density at radius 3 is 3.14 bits per heavy atom. The fourth-order valence-electron chi connectivity index (χ4n) is 2.51. The summed E-state index contributed by atoms with van der Waals surface area (Å²) in [6, 6.07) is 0. The fourth-order valence-corrected chi connectivity index (χ4v) is 2.51. The predicted molar refractivity (Wildman–Crippen MR) is 59.0 cm³/mol. The summed E-state index contributed by atoms with van der Waals surface area (Å²) in [4.78, 5) is 0. The third-order valence-electron chi connectivity index (χ3n) is 3.20. The van der Waals surface area contributed by atoms with Gasteiger partial charge in [0.05, 0.1) is 6.61 Å². The van der Waals surface area contributed by atoms with Crippen molar-refractivity contribution in [3.05, 3.63) is 34.9 Å². The third-order valence-corrected chi connectivity index (χ3v) is 3.20. The maximum absolute atomic E-state index is 9.35. The Morgan fingerprint density at radius 2 is 2.36 bits per heavy atom. The van der Waals surface area contributed by atoms with Gasteiger partial charge in [-0.1, -0.05) is 25.2 Å². The molecule has 2 rings (SSSR count). The van der Waals surface area contributed by atoms with Crippen molar-refractivity contribution < 1.29 is 5.11 Å². The normalized spacial score (nSPS) is 27.0. The summed E-state index contributed by atoms with van der Waals surface area (Å²) in [6.07, 6.45) is 11.4. The number of aliphatic hydroxyl groups excluding tert-OH is 1. The SMILES string of the molecule is CC1CC=CC2=C1C(CO)=CCCC2. The molecule has 0 radical (unpaired) electrons. The van der Waals surface area contributed by atoms with Gasteiger partial charge in [0, 0.05) is 0 Å². The Bertz CT molecular complexity index is 307. The van der Waals surface area contributed by atoms with Crippen LogP contribution in [-0.4, -0.2) is 11.7 Å². The van der Waals surface area contributed by atoms with Crippen LogP contribution in [0, 0.1) is 5.92 Å². The number of aliphatic hydroxyl groups is 1. The van der Waals surface area contributed by atoms with Gasteiger partial charge in [-0.2, -0.15) is 0 Å². The molecule has 2 aliphatic carbocycles. The van der Waals surface area contributed by atoms with Crippen LogP contribution >= 0.6 is 0 Å². The minimum atomic E-state index is 0.205. The molecule has 0 fully saturated rings. The molecule has 0 amide bonds. The largest absolute Gasteiger partial charge is 0.392 e. The average molecular weight is 190 g/mol. The van der Waals surface area contributed by atoms with Crippen LogP contribution in [0.15, 0.2) is 34.9 Å². The molecule has 1 heteroatoms. The van der Waals surface area contributed by atoms with E-state index in [4.69, 9.17) is 0 Å². The van der Waals surface area contributed by atoms with E-state index in [9.17, 15) is 5.11 Å². The lowest BCUT2D eigenvalue weighted by molar-refractivity contribution is 0.330. The predicted octanol–water partition coefficient (Wildman–Crippen LogP) is 2.98. The topological polar surface area (TPSA) is 20.2 Å². The first-order valence-electron chi connectivity index (χ1n) is 5.52. The molecule has 0 aromatic carbocycles. The molecular weight excluding hydrogens is 172 g/mol. The highest BCUT2D eigenvalue weighted by atomic mass is 16.3. The molecule has 0 spiro atoms. The van der Waals surface area contributed by atoms with Crippen LogP contribution in [0.2, 0.25) is 0 Å². The van der Waals surface area contributed by atoms with E-state index < -0.39 is 0 Å². The highest BCUT2D eigenvalue weighted by Crippen LogP contribution is 2.35. The highest BCUT2D eigenvalue weighted by Gasteiger charge is 2.20. The summed E-state index contributed by atoms with van der Waals surface area (Å²) in [5, 5.41) is 9.35. The van der Waals surface area contributed by atoms with Crippen LogP contribution in [0.3, 0.4) is 0 Å². The van der Waals surface area contributed by atoms with E-state index in [0.717, 1.165) is 12.8 Å². The van der Waals surface area contributed by atoms with E-state index in [1.807, 2.05) is 0 Å². The van der Waals surface area contributed by atoms with Gasteiger partial charge in [-0.15, -0.1) is 0 Å². The van der Waals surface area contributed by atoms with Crippen molar-refractivity contribution in [2.75, 3.05) is 6.61 Å². The van der Waals surface area contributed by atoms with Crippen molar-refractivity contribution in [3.8, 4) is 0 Å². The van der Waals surface area contributed by atoms with Gasteiger partial charge in [0.25, 0.3) is 0 Å². The van der Waals surface area contributed by atoms with E-state index in [2.05, 4.69) is 25.2 Å². The first kappa shape index (κ1) is 9.72. The van der Waals surface area contributed by atoms with Crippen LogP contribution in [0.25, 0.3) is 0 Å². The second-order valence-electron chi connectivity index (χ2n) is 4.26. The Labute approximate surface area is 85.8 Å². The first-order chi connectivity index (χ1) is 6.83. The minimum absolute atomic E-state index is 0.205. The average Bonchev–Trinajstić information content (AvgIpc) is 2.40. The molecule has 0 heterocycles. The molecule has 1 atom stereocenters. The quantitative estimate of drug-likeness (QED) is 0.674. The third kappa shape index (κ3) is 1.69. The highest BCUT2D eigenvalue weighted by molar-refractivity contribution is 5.45. The van der Waals surface area contributed by atoms with Crippen molar-refractivity contribution >= 4 is 0 Å². The molecule has 1 unspecified atom stereocenters. The Balaban J connectivity index is 2.40. The van der Waals surface area contributed by atoms with E-state index in [1.54, 1.807) is 0 Å². The standard InChI is InChI=1S/C13H18O/c1-10-5-4-8-11-6-2-3-7-12(9-14)13(10)11/h4,7-8,10,14H,2-3,5-6,9H2,1H3. The van der Waals surface area contributed by atoms with Crippen LogP contribution in [-0.2, 0) is 0 Å². The number of allylic oxidation sites excluding steroid dienone is 4. The monoisotopic (exact) mass is 190 g/mol. The minimum Gasteiger partial charge on any atom is -0.392 e. The molecular formula is C13H18O. The molecule has 0 aromatic heterocycles. The zero-order valence-electron chi connectivity index (χ0n) is 8.79. The summed E-state index contributed by atoms with van der Waals surface area (Å²) in [6.45, 7) is 2.46. The van der Waals surface area contributed by atoms with Crippen LogP contribution in [0.5, 0.6) is 0 Å². The van der Waals surface area contributed by atoms with E-state index in [0.29, 0.717) is 5.92 Å². The van der Waals surface area contributed by atoms with Gasteiger partial charge >= 0.3 is 0 Å². The summed E-state index contributed by atoms with van der Waals surface area (Å²) < 4.78 is 0. The lowest BCUT2D eigenvalue weighted by Crippen LogP contribution is -2.09. The van der Waals surface area contributed by atoms with E-state index in [1.165, 1.54) is 29.6 Å². The maximum Gasteiger partial charge on any atom is 0.0681 e. The molecule has 0 bridgehead atoms. The maximum atomic E-state index is 9.35. The van der Waals surface area contributed by atoms with Crippen molar-refractivity contribution in [3.63, 3.8) is 0 Å². The number of hydrogen-bond acceptors (Lipinski definition) is 1. The lowest BCUT2D eigenvalue weighted by atomic mass is 9.83. The molecule has 2 aliphatic rings. The van der Waals surface area contributed by atoms with Gasteiger partial charge in [-0.05, 0) is 48.3 Å². The smallest absolute Gasteiger partial charge is 0.0681 e. The summed E-state index contributed by atoms with van der Waals surface area (Å²) in [5.74, 6) is 0.589. The fraction of sp³-hybridized carbons (Fsp3) is 0.538. The molecule has 0 aromatic rings. The van der Waals surface area contributed by atoms with E-state index >= 15 is 0 Å². The zero-order valence-corrected chi connectivity index (χ0v) is 8.79. The Kier molecular flexibility index (Phi) is 2.87. The molecule has 76 valence electrons. The lowest BCUT2D eigenvalue weighted by Gasteiger charge is -2.22. The van der Waals surface area contributed by atoms with Gasteiger partial charge in [0.15, 0.2) is 0 Å². The molecule has 14 heavy (non-hydrogen) atoms. The van der Waals surface area contributed by atoms with Gasteiger partial charge < -0.3 is 5.11 Å². The van der Waals surface area contributed by atoms with Crippen LogP contribution in [0.4, 0.5) is 0 Å². The van der Waals surface area contributed by atoms with Crippen molar-refractivity contribution in [2.45, 2.75) is 32.6 Å². The molecule has 0 aliphatic heterocycles. The van der Waals surface area contributed by atoms with Gasteiger partial charge in [-0.3, -0.25) is 0 Å². The zero-order chi connectivity index (χ0) is 9.97. The van der Waals surface area contributed by atoms with E-state index in [-0.39, 0.29) is 6.61 Å². The van der Waals surface area contributed by atoms with Crippen LogP contribution < -0.4 is 0 Å². The molecule has 1 N–H and O–H groups in total. The molecule has 0 saturated heterocycles. The number of hydrogen-bond donors (Lipinski definition) is 1.